The molecule has 0 saturated carbocycles. The van der Waals surface area contributed by atoms with E-state index in [1.165, 1.54) is 10.4 Å². The maximum atomic E-state index is 12.8. The molecular formula is C22H33N5O4S. The van der Waals surface area contributed by atoms with Crippen LogP contribution >= 0.6 is 0 Å². The first-order valence-electron chi connectivity index (χ1n) is 11.5. The van der Waals surface area contributed by atoms with Crippen molar-refractivity contribution in [3.8, 4) is 0 Å². The normalized spacial score (nSPS) is 21.2. The highest BCUT2D eigenvalue weighted by Gasteiger charge is 2.28. The van der Waals surface area contributed by atoms with Gasteiger partial charge in [-0.15, -0.1) is 0 Å². The number of hydrogen-bond acceptors (Lipinski definition) is 6. The zero-order valence-electron chi connectivity index (χ0n) is 18.5. The number of nitrogens with one attached hydrogen (secondary N) is 1. The fourth-order valence-electron chi connectivity index (χ4n) is 4.58. The Kier molecular flexibility index (Phi) is 7.44. The Morgan fingerprint density at radius 3 is 2.06 bits per heavy atom. The van der Waals surface area contributed by atoms with E-state index in [-0.39, 0.29) is 23.3 Å². The lowest BCUT2D eigenvalue weighted by atomic mass is 10.3. The molecule has 3 heterocycles. The van der Waals surface area contributed by atoms with Crippen LogP contribution in [0.3, 0.4) is 0 Å². The van der Waals surface area contributed by atoms with Gasteiger partial charge in [0.1, 0.15) is 0 Å². The quantitative estimate of drug-likeness (QED) is 0.638. The van der Waals surface area contributed by atoms with E-state index in [2.05, 4.69) is 15.1 Å². The summed E-state index contributed by atoms with van der Waals surface area (Å²) in [4.78, 5) is 31.2. The Balaban J connectivity index is 1.24. The summed E-state index contributed by atoms with van der Waals surface area (Å²) in [5, 5.41) is 2.83. The summed E-state index contributed by atoms with van der Waals surface area (Å²) < 4.78 is 27.0. The van der Waals surface area contributed by atoms with E-state index in [4.69, 9.17) is 0 Å². The van der Waals surface area contributed by atoms with Gasteiger partial charge in [-0.3, -0.25) is 19.4 Å². The highest BCUT2D eigenvalue weighted by Crippen LogP contribution is 2.23. The molecule has 176 valence electrons. The molecule has 0 aromatic heterocycles. The predicted octanol–water partition coefficient (Wildman–Crippen LogP) is 0.650. The van der Waals surface area contributed by atoms with Gasteiger partial charge in [0, 0.05) is 58.0 Å². The van der Waals surface area contributed by atoms with Crippen LogP contribution in [0.1, 0.15) is 25.7 Å². The van der Waals surface area contributed by atoms with Crippen molar-refractivity contribution < 1.29 is 18.0 Å². The number of rotatable bonds is 7. The van der Waals surface area contributed by atoms with E-state index in [0.717, 1.165) is 65.0 Å². The van der Waals surface area contributed by atoms with Gasteiger partial charge in [-0.05, 0) is 43.9 Å². The van der Waals surface area contributed by atoms with Crippen molar-refractivity contribution >= 4 is 27.5 Å². The van der Waals surface area contributed by atoms with Gasteiger partial charge in [-0.2, -0.15) is 4.31 Å². The fourth-order valence-corrected chi connectivity index (χ4v) is 6.14. The van der Waals surface area contributed by atoms with Crippen LogP contribution in [-0.4, -0.2) is 105 Å². The standard InChI is InChI=1S/C22H33N5O4S/c28-21(17-24-12-14-25(15-13-24)18-22(29)26-8-1-2-9-26)23-19-6-5-7-20(16-19)32(30,31)27-10-3-4-11-27/h5-7,16H,1-4,8-15,17-18H2,(H,23,28). The van der Waals surface area contributed by atoms with Crippen molar-refractivity contribution in [2.75, 3.05) is 70.8 Å². The van der Waals surface area contributed by atoms with Gasteiger partial charge in [-0.25, -0.2) is 8.42 Å². The molecule has 10 heteroatoms. The molecule has 9 nitrogen and oxygen atoms in total. The van der Waals surface area contributed by atoms with Crippen molar-refractivity contribution in [1.82, 2.24) is 19.0 Å². The molecule has 1 N–H and O–H groups in total. The zero-order chi connectivity index (χ0) is 22.6. The molecule has 3 saturated heterocycles. The number of amides is 2. The maximum Gasteiger partial charge on any atom is 0.243 e. The summed E-state index contributed by atoms with van der Waals surface area (Å²) >= 11 is 0. The molecule has 0 atom stereocenters. The van der Waals surface area contributed by atoms with Gasteiger partial charge in [0.25, 0.3) is 0 Å². The molecule has 1 aromatic carbocycles. The second kappa shape index (κ2) is 10.3. The third kappa shape index (κ3) is 5.67. The van der Waals surface area contributed by atoms with Crippen LogP contribution in [0, 0.1) is 0 Å². The van der Waals surface area contributed by atoms with Gasteiger partial charge >= 0.3 is 0 Å². The molecule has 0 bridgehead atoms. The lowest BCUT2D eigenvalue weighted by molar-refractivity contribution is -0.132. The second-order valence-electron chi connectivity index (χ2n) is 8.83. The highest BCUT2D eigenvalue weighted by molar-refractivity contribution is 7.89. The van der Waals surface area contributed by atoms with Crippen molar-refractivity contribution in [1.29, 1.82) is 0 Å². The van der Waals surface area contributed by atoms with E-state index >= 15 is 0 Å². The highest BCUT2D eigenvalue weighted by atomic mass is 32.2. The predicted molar refractivity (Wildman–Crippen MR) is 122 cm³/mol. The molecule has 3 fully saturated rings. The summed E-state index contributed by atoms with van der Waals surface area (Å²) in [5.41, 5.74) is 0.491. The van der Waals surface area contributed by atoms with Gasteiger partial charge in [0.05, 0.1) is 18.0 Å². The number of carbonyl (C=O) groups is 2. The van der Waals surface area contributed by atoms with Crippen LogP contribution in [0.2, 0.25) is 0 Å². The van der Waals surface area contributed by atoms with E-state index in [1.807, 2.05) is 4.90 Å². The van der Waals surface area contributed by atoms with Crippen molar-refractivity contribution in [3.63, 3.8) is 0 Å². The Bertz CT molecular complexity index is 918. The first-order chi connectivity index (χ1) is 15.4. The molecule has 2 amide bonds. The summed E-state index contributed by atoms with van der Waals surface area (Å²) in [5.74, 6) is 0.0415. The Morgan fingerprint density at radius 2 is 1.41 bits per heavy atom. The molecule has 0 radical (unpaired) electrons. The van der Waals surface area contributed by atoms with E-state index in [9.17, 15) is 18.0 Å². The van der Waals surface area contributed by atoms with Crippen LogP contribution in [-0.2, 0) is 19.6 Å². The third-order valence-corrected chi connectivity index (χ3v) is 8.36. The SMILES string of the molecule is O=C(CN1CCN(CC(=O)N2CCCC2)CC1)Nc1cccc(S(=O)(=O)N2CCCC2)c1. The molecule has 3 aliphatic heterocycles. The summed E-state index contributed by atoms with van der Waals surface area (Å²) in [7, 11) is -3.51. The van der Waals surface area contributed by atoms with E-state index in [0.29, 0.717) is 25.3 Å². The number of likely N-dealkylation sites (tertiary alicyclic amines) is 1. The summed E-state index contributed by atoms with van der Waals surface area (Å²) in [6.45, 7) is 6.53. The summed E-state index contributed by atoms with van der Waals surface area (Å²) in [6, 6.07) is 6.48. The Morgan fingerprint density at radius 1 is 0.812 bits per heavy atom. The largest absolute Gasteiger partial charge is 0.342 e. The molecule has 0 unspecified atom stereocenters. The number of anilines is 1. The fraction of sp³-hybridized carbons (Fsp3) is 0.636. The first kappa shape index (κ1) is 23.2. The molecule has 0 aliphatic carbocycles. The van der Waals surface area contributed by atoms with Gasteiger partial charge in [0.2, 0.25) is 21.8 Å². The van der Waals surface area contributed by atoms with Gasteiger partial charge in [0.15, 0.2) is 0 Å². The molecule has 4 rings (SSSR count). The van der Waals surface area contributed by atoms with Crippen LogP contribution in [0.4, 0.5) is 5.69 Å². The Labute approximate surface area is 190 Å². The molecule has 0 spiro atoms. The minimum absolute atomic E-state index is 0.165. The lowest BCUT2D eigenvalue weighted by Crippen LogP contribution is -2.51. The Hall–Kier alpha value is -2.01. The van der Waals surface area contributed by atoms with Gasteiger partial charge < -0.3 is 10.2 Å². The summed E-state index contributed by atoms with van der Waals surface area (Å²) in [6.07, 6.45) is 3.97. The van der Waals surface area contributed by atoms with E-state index in [1.54, 1.807) is 18.2 Å². The number of sulfonamides is 1. The average Bonchev–Trinajstić information content (AvgIpc) is 3.50. The topological polar surface area (TPSA) is 93.3 Å². The smallest absolute Gasteiger partial charge is 0.243 e. The van der Waals surface area contributed by atoms with Crippen molar-refractivity contribution in [2.45, 2.75) is 30.6 Å². The van der Waals surface area contributed by atoms with Crippen LogP contribution in [0.15, 0.2) is 29.2 Å². The number of carbonyl (C=O) groups excluding carboxylic acids is 2. The number of hydrogen-bond donors (Lipinski definition) is 1. The first-order valence-corrected chi connectivity index (χ1v) is 13.0. The van der Waals surface area contributed by atoms with Crippen molar-refractivity contribution in [2.24, 2.45) is 0 Å². The number of benzene rings is 1. The van der Waals surface area contributed by atoms with Crippen LogP contribution in [0.5, 0.6) is 0 Å². The number of piperazine rings is 1. The third-order valence-electron chi connectivity index (χ3n) is 6.47. The minimum atomic E-state index is -3.51. The zero-order valence-corrected chi connectivity index (χ0v) is 19.4. The minimum Gasteiger partial charge on any atom is -0.342 e. The van der Waals surface area contributed by atoms with Crippen LogP contribution in [0.25, 0.3) is 0 Å². The molecule has 3 aliphatic rings. The monoisotopic (exact) mass is 463 g/mol. The lowest BCUT2D eigenvalue weighted by Gasteiger charge is -2.34. The van der Waals surface area contributed by atoms with E-state index < -0.39 is 10.0 Å². The number of nitrogens with zero attached hydrogens (tertiary/aromatic N) is 4. The van der Waals surface area contributed by atoms with Crippen LogP contribution < -0.4 is 5.32 Å². The van der Waals surface area contributed by atoms with Crippen molar-refractivity contribution in [3.05, 3.63) is 24.3 Å². The average molecular weight is 464 g/mol. The molecular weight excluding hydrogens is 430 g/mol. The molecule has 32 heavy (non-hydrogen) atoms. The van der Waals surface area contributed by atoms with Gasteiger partial charge in [-0.1, -0.05) is 6.07 Å². The molecule has 1 aromatic rings. The second-order valence-corrected chi connectivity index (χ2v) is 10.8. The maximum absolute atomic E-state index is 12.8.